The van der Waals surface area contributed by atoms with Gasteiger partial charge in [-0.3, -0.25) is 4.79 Å². The Morgan fingerprint density at radius 3 is 2.53 bits per heavy atom. The predicted octanol–water partition coefficient (Wildman–Crippen LogP) is 0.160. The molecule has 5 N–H and O–H groups in total. The van der Waals surface area contributed by atoms with E-state index in [1.54, 1.807) is 19.1 Å². The lowest BCUT2D eigenvalue weighted by Gasteiger charge is -2.16. The lowest BCUT2D eigenvalue weighted by atomic mass is 10.0. The second-order valence-corrected chi connectivity index (χ2v) is 4.51. The largest absolute Gasteiger partial charge is 0.508 e. The predicted molar refractivity (Wildman–Crippen MR) is 69.8 cm³/mol. The number of rotatable bonds is 5. The maximum atomic E-state index is 11.4. The van der Waals surface area contributed by atoms with Gasteiger partial charge in [-0.15, -0.1) is 0 Å². The number of nitrogens with two attached hydrogens (primary N) is 1. The minimum atomic E-state index is -1.13. The van der Waals surface area contributed by atoms with Crippen LogP contribution in [0.5, 0.6) is 5.75 Å². The zero-order chi connectivity index (χ0) is 14.6. The molecule has 1 aromatic rings. The molecule has 1 amide bonds. The van der Waals surface area contributed by atoms with Crippen molar-refractivity contribution in [3.05, 3.63) is 29.3 Å². The van der Waals surface area contributed by atoms with Gasteiger partial charge < -0.3 is 21.3 Å². The number of carboxylic acid groups (broad SMARTS) is 1. The molecule has 6 heteroatoms. The van der Waals surface area contributed by atoms with Crippen LogP contribution in [0.1, 0.15) is 18.1 Å². The number of carbonyl (C=O) groups excluding carboxylic acids is 1. The number of phenols is 1. The van der Waals surface area contributed by atoms with Crippen molar-refractivity contribution in [2.45, 2.75) is 32.4 Å². The van der Waals surface area contributed by atoms with Gasteiger partial charge in [0.2, 0.25) is 5.91 Å². The summed E-state index contributed by atoms with van der Waals surface area (Å²) in [6.07, 6.45) is 0.134. The van der Waals surface area contributed by atoms with Gasteiger partial charge in [0.1, 0.15) is 11.8 Å². The van der Waals surface area contributed by atoms with E-state index in [0.717, 1.165) is 0 Å². The van der Waals surface area contributed by atoms with E-state index in [9.17, 15) is 14.7 Å². The third kappa shape index (κ3) is 4.26. The number of benzene rings is 1. The molecule has 0 unspecified atom stereocenters. The quantitative estimate of drug-likeness (QED) is 0.606. The number of carbonyl (C=O) groups is 2. The van der Waals surface area contributed by atoms with Gasteiger partial charge in [-0.05, 0) is 31.0 Å². The Bertz CT molecular complexity index is 486. The summed E-state index contributed by atoms with van der Waals surface area (Å²) in [4.78, 5) is 22.5. The highest BCUT2D eigenvalue weighted by Crippen LogP contribution is 2.18. The molecule has 6 nitrogen and oxygen atoms in total. The van der Waals surface area contributed by atoms with E-state index in [-0.39, 0.29) is 12.2 Å². The van der Waals surface area contributed by atoms with Crippen molar-refractivity contribution in [1.29, 1.82) is 0 Å². The van der Waals surface area contributed by atoms with Crippen LogP contribution in [0.3, 0.4) is 0 Å². The first-order valence-electron chi connectivity index (χ1n) is 5.88. The van der Waals surface area contributed by atoms with Crippen molar-refractivity contribution in [2.24, 2.45) is 5.73 Å². The average Bonchev–Trinajstić information content (AvgIpc) is 2.32. The van der Waals surface area contributed by atoms with E-state index in [1.807, 2.05) is 0 Å². The van der Waals surface area contributed by atoms with Gasteiger partial charge in [0.15, 0.2) is 0 Å². The second-order valence-electron chi connectivity index (χ2n) is 4.51. The van der Waals surface area contributed by atoms with Crippen LogP contribution in [0.15, 0.2) is 18.2 Å². The summed E-state index contributed by atoms with van der Waals surface area (Å²) in [5, 5.41) is 20.9. The highest BCUT2D eigenvalue weighted by molar-refractivity contribution is 5.86. The van der Waals surface area contributed by atoms with Crippen LogP contribution in [0, 0.1) is 6.92 Å². The summed E-state index contributed by atoms with van der Waals surface area (Å²) in [6.45, 7) is 3.20. The second kappa shape index (κ2) is 6.19. The molecule has 0 aliphatic heterocycles. The number of nitrogens with one attached hydrogen (secondary N) is 1. The molecule has 0 heterocycles. The van der Waals surface area contributed by atoms with Gasteiger partial charge in [0.05, 0.1) is 6.04 Å². The summed E-state index contributed by atoms with van der Waals surface area (Å²) in [6, 6.07) is 3.00. The van der Waals surface area contributed by atoms with Crippen LogP contribution in [-0.4, -0.2) is 34.2 Å². The Kier molecular flexibility index (Phi) is 4.88. The average molecular weight is 266 g/mol. The minimum Gasteiger partial charge on any atom is -0.508 e. The van der Waals surface area contributed by atoms with E-state index in [4.69, 9.17) is 10.8 Å². The molecule has 0 radical (unpaired) electrons. The highest BCUT2D eigenvalue weighted by atomic mass is 16.4. The van der Waals surface area contributed by atoms with Gasteiger partial charge in [-0.1, -0.05) is 12.1 Å². The molecule has 0 fully saturated rings. The third-order valence-electron chi connectivity index (χ3n) is 2.73. The number of carboxylic acids is 1. The van der Waals surface area contributed by atoms with Crippen LogP contribution in [-0.2, 0) is 16.0 Å². The first-order valence-corrected chi connectivity index (χ1v) is 5.88. The normalized spacial score (nSPS) is 13.6. The van der Waals surface area contributed by atoms with Crippen molar-refractivity contribution in [3.8, 4) is 5.75 Å². The molecule has 104 valence electrons. The molecule has 19 heavy (non-hydrogen) atoms. The lowest BCUT2D eigenvalue weighted by Crippen LogP contribution is -2.48. The fraction of sp³-hybridized carbons (Fsp3) is 0.385. The molecule has 2 atom stereocenters. The van der Waals surface area contributed by atoms with Crippen molar-refractivity contribution < 1.29 is 19.8 Å². The van der Waals surface area contributed by atoms with Gasteiger partial charge in [0, 0.05) is 6.42 Å². The minimum absolute atomic E-state index is 0.134. The van der Waals surface area contributed by atoms with Gasteiger partial charge in [0.25, 0.3) is 0 Å². The van der Waals surface area contributed by atoms with Crippen LogP contribution in [0.2, 0.25) is 0 Å². The summed E-state index contributed by atoms with van der Waals surface area (Å²) in [7, 11) is 0. The van der Waals surface area contributed by atoms with E-state index in [1.165, 1.54) is 13.0 Å². The Labute approximate surface area is 111 Å². The molecule has 0 aromatic heterocycles. The fourth-order valence-electron chi connectivity index (χ4n) is 1.58. The zero-order valence-corrected chi connectivity index (χ0v) is 10.9. The van der Waals surface area contributed by atoms with Gasteiger partial charge in [-0.25, -0.2) is 4.79 Å². The summed E-state index contributed by atoms with van der Waals surface area (Å²) < 4.78 is 0. The maximum Gasteiger partial charge on any atom is 0.326 e. The Morgan fingerprint density at radius 2 is 2.05 bits per heavy atom. The number of hydrogen-bond donors (Lipinski definition) is 4. The molecule has 0 aliphatic rings. The number of aliphatic carboxylic acids is 1. The van der Waals surface area contributed by atoms with Gasteiger partial charge in [-0.2, -0.15) is 0 Å². The van der Waals surface area contributed by atoms with Crippen molar-refractivity contribution in [1.82, 2.24) is 5.32 Å². The maximum absolute atomic E-state index is 11.4. The Balaban J connectivity index is 2.81. The Morgan fingerprint density at radius 1 is 1.42 bits per heavy atom. The molecule has 0 saturated carbocycles. The van der Waals surface area contributed by atoms with Crippen LogP contribution < -0.4 is 11.1 Å². The molecule has 0 spiro atoms. The zero-order valence-electron chi connectivity index (χ0n) is 10.9. The fourth-order valence-corrected chi connectivity index (χ4v) is 1.58. The molecule has 0 saturated heterocycles. The van der Waals surface area contributed by atoms with Crippen LogP contribution in [0.4, 0.5) is 0 Å². The summed E-state index contributed by atoms with van der Waals surface area (Å²) in [5.41, 5.74) is 6.75. The SMILES string of the molecule is Cc1cc(C[C@H](NC(=O)[C@H](C)N)C(=O)O)ccc1O. The monoisotopic (exact) mass is 266 g/mol. The van der Waals surface area contributed by atoms with Crippen molar-refractivity contribution in [3.63, 3.8) is 0 Å². The van der Waals surface area contributed by atoms with Crippen LogP contribution >= 0.6 is 0 Å². The molecule has 1 rings (SSSR count). The molecule has 0 aliphatic carbocycles. The van der Waals surface area contributed by atoms with E-state index in [2.05, 4.69) is 5.32 Å². The van der Waals surface area contributed by atoms with E-state index in [0.29, 0.717) is 11.1 Å². The number of aromatic hydroxyl groups is 1. The number of phenolic OH excluding ortho intramolecular Hbond substituents is 1. The molecule has 0 bridgehead atoms. The molecular weight excluding hydrogens is 248 g/mol. The van der Waals surface area contributed by atoms with Gasteiger partial charge >= 0.3 is 5.97 Å². The standard InChI is InChI=1S/C13H18N2O4/c1-7-5-9(3-4-11(7)16)6-10(13(18)19)15-12(17)8(2)14/h3-5,8,10,16H,6,14H2,1-2H3,(H,15,17)(H,18,19)/t8-,10-/m0/s1. The summed E-state index contributed by atoms with van der Waals surface area (Å²) in [5.74, 6) is -1.49. The lowest BCUT2D eigenvalue weighted by molar-refractivity contribution is -0.141. The van der Waals surface area contributed by atoms with E-state index < -0.39 is 24.0 Å². The number of aryl methyl sites for hydroxylation is 1. The molecule has 1 aromatic carbocycles. The Hall–Kier alpha value is -2.08. The number of amides is 1. The third-order valence-corrected chi connectivity index (χ3v) is 2.73. The van der Waals surface area contributed by atoms with Crippen molar-refractivity contribution in [2.75, 3.05) is 0 Å². The summed E-state index contributed by atoms with van der Waals surface area (Å²) >= 11 is 0. The highest BCUT2D eigenvalue weighted by Gasteiger charge is 2.22. The van der Waals surface area contributed by atoms with Crippen molar-refractivity contribution >= 4 is 11.9 Å². The first-order chi connectivity index (χ1) is 8.81. The topological polar surface area (TPSA) is 113 Å². The molecular formula is C13H18N2O4. The van der Waals surface area contributed by atoms with E-state index >= 15 is 0 Å². The van der Waals surface area contributed by atoms with Crippen LogP contribution in [0.25, 0.3) is 0 Å². The number of hydrogen-bond acceptors (Lipinski definition) is 4. The first kappa shape index (κ1) is 15.0. The smallest absolute Gasteiger partial charge is 0.326 e.